The number of hydrogen-bond donors (Lipinski definition) is 0. The maximum atomic E-state index is 13.2. The van der Waals surface area contributed by atoms with Gasteiger partial charge in [0, 0.05) is 33.3 Å². The summed E-state index contributed by atoms with van der Waals surface area (Å²) in [5, 5.41) is 0. The number of carbonyl (C=O) groups excluding carboxylic acids is 1. The van der Waals surface area contributed by atoms with Crippen LogP contribution in [0.3, 0.4) is 0 Å². The molecule has 7 heteroatoms. The highest BCUT2D eigenvalue weighted by Crippen LogP contribution is 2.50. The van der Waals surface area contributed by atoms with Crippen LogP contribution in [0.25, 0.3) is 11.1 Å². The molecule has 1 aliphatic carbocycles. The van der Waals surface area contributed by atoms with Gasteiger partial charge >= 0.3 is 6.18 Å². The maximum Gasteiger partial charge on any atom is 0.416 e. The molecule has 1 unspecified atom stereocenters. The van der Waals surface area contributed by atoms with Crippen molar-refractivity contribution in [2.75, 3.05) is 39.9 Å². The molecule has 2 aromatic carbocycles. The van der Waals surface area contributed by atoms with Crippen molar-refractivity contribution in [1.29, 1.82) is 0 Å². The summed E-state index contributed by atoms with van der Waals surface area (Å²) in [4.78, 5) is 17.5. The fourth-order valence-electron chi connectivity index (χ4n) is 5.44. The van der Waals surface area contributed by atoms with Crippen molar-refractivity contribution >= 4 is 5.91 Å². The minimum atomic E-state index is -4.34. The van der Waals surface area contributed by atoms with E-state index in [4.69, 9.17) is 4.74 Å². The second kappa shape index (κ2) is 8.19. The Bertz CT molecular complexity index is 999. The quantitative estimate of drug-likeness (QED) is 0.670. The molecule has 2 saturated heterocycles. The Morgan fingerprint density at radius 3 is 2.47 bits per heavy atom. The lowest BCUT2D eigenvalue weighted by atomic mass is 9.92. The summed E-state index contributed by atoms with van der Waals surface area (Å²) < 4.78 is 43.8. The number of methoxy groups -OCH3 is 1. The molecule has 2 aromatic rings. The highest BCUT2D eigenvalue weighted by atomic mass is 19.4. The lowest BCUT2D eigenvalue weighted by molar-refractivity contribution is -0.145. The number of hydrogen-bond acceptors (Lipinski definition) is 3. The van der Waals surface area contributed by atoms with Crippen molar-refractivity contribution in [3.63, 3.8) is 0 Å². The van der Waals surface area contributed by atoms with Gasteiger partial charge in [-0.1, -0.05) is 24.3 Å². The number of ether oxygens (including phenoxy) is 1. The first-order valence-electron chi connectivity index (χ1n) is 11.2. The van der Waals surface area contributed by atoms with E-state index in [9.17, 15) is 18.0 Å². The van der Waals surface area contributed by atoms with Crippen LogP contribution in [0, 0.1) is 5.92 Å². The van der Waals surface area contributed by atoms with E-state index in [0.29, 0.717) is 12.5 Å². The number of alkyl halides is 3. The van der Waals surface area contributed by atoms with Gasteiger partial charge in [0.05, 0.1) is 24.1 Å². The first-order chi connectivity index (χ1) is 15.3. The average Bonchev–Trinajstić information content (AvgIpc) is 3.03. The van der Waals surface area contributed by atoms with Crippen LogP contribution >= 0.6 is 0 Å². The Balaban J connectivity index is 1.34. The van der Waals surface area contributed by atoms with Gasteiger partial charge in [-0.05, 0) is 59.2 Å². The van der Waals surface area contributed by atoms with Crippen molar-refractivity contribution in [1.82, 2.24) is 9.80 Å². The van der Waals surface area contributed by atoms with E-state index >= 15 is 0 Å². The summed E-state index contributed by atoms with van der Waals surface area (Å²) >= 11 is 0. The van der Waals surface area contributed by atoms with Gasteiger partial charge in [0.2, 0.25) is 5.91 Å². The van der Waals surface area contributed by atoms with Gasteiger partial charge in [-0.3, -0.25) is 9.69 Å². The molecule has 2 atom stereocenters. The van der Waals surface area contributed by atoms with Crippen LogP contribution in [-0.4, -0.2) is 55.6 Å². The molecule has 32 heavy (non-hydrogen) atoms. The Labute approximate surface area is 186 Å². The molecule has 4 nitrogen and oxygen atoms in total. The van der Waals surface area contributed by atoms with Crippen LogP contribution in [0.2, 0.25) is 0 Å². The Hall–Kier alpha value is -2.38. The number of halogens is 3. The minimum absolute atomic E-state index is 0.0468. The van der Waals surface area contributed by atoms with Gasteiger partial charge in [-0.15, -0.1) is 0 Å². The maximum absolute atomic E-state index is 13.2. The molecule has 2 bridgehead atoms. The fraction of sp³-hybridized carbons (Fsp3) is 0.480. The Kier molecular flexibility index (Phi) is 5.50. The van der Waals surface area contributed by atoms with E-state index in [1.165, 1.54) is 17.7 Å². The Morgan fingerprint density at radius 1 is 1.06 bits per heavy atom. The number of carbonyl (C=O) groups is 1. The number of benzene rings is 2. The lowest BCUT2D eigenvalue weighted by Crippen LogP contribution is -2.56. The molecule has 3 aliphatic rings. The van der Waals surface area contributed by atoms with Crippen molar-refractivity contribution in [3.8, 4) is 11.1 Å². The number of piperidine rings is 1. The molecular formula is C25H27F3N2O2. The molecule has 2 fully saturated rings. The number of nitrogens with zero attached hydrogens (tertiary/aromatic N) is 2. The summed E-state index contributed by atoms with van der Waals surface area (Å²) in [6.45, 7) is 3.87. The largest absolute Gasteiger partial charge is 0.416 e. The molecule has 0 aromatic heterocycles. The minimum Gasteiger partial charge on any atom is -0.383 e. The summed E-state index contributed by atoms with van der Waals surface area (Å²) in [5.41, 5.74) is 3.46. The van der Waals surface area contributed by atoms with Crippen molar-refractivity contribution in [3.05, 3.63) is 59.2 Å². The molecule has 0 radical (unpaired) electrons. The van der Waals surface area contributed by atoms with Crippen molar-refractivity contribution in [2.45, 2.75) is 31.0 Å². The molecular weight excluding hydrogens is 417 g/mol. The number of amides is 1. The zero-order valence-electron chi connectivity index (χ0n) is 18.1. The molecule has 0 spiro atoms. The number of likely N-dealkylation sites (tertiary alicyclic amines) is 2. The topological polar surface area (TPSA) is 32.8 Å². The molecule has 170 valence electrons. The summed E-state index contributed by atoms with van der Waals surface area (Å²) in [5.74, 6) is 0.737. The number of fused-ring (bicyclic) bond motifs is 5. The van der Waals surface area contributed by atoms with Gasteiger partial charge < -0.3 is 9.64 Å². The summed E-state index contributed by atoms with van der Waals surface area (Å²) in [6, 6.07) is 11.6. The summed E-state index contributed by atoms with van der Waals surface area (Å²) in [7, 11) is 1.68. The van der Waals surface area contributed by atoms with E-state index in [-0.39, 0.29) is 17.9 Å². The molecule has 2 heterocycles. The lowest BCUT2D eigenvalue weighted by Gasteiger charge is -2.43. The van der Waals surface area contributed by atoms with Gasteiger partial charge in [0.25, 0.3) is 0 Å². The molecule has 5 rings (SSSR count). The first-order valence-corrected chi connectivity index (χ1v) is 11.2. The van der Waals surface area contributed by atoms with Gasteiger partial charge in [0.15, 0.2) is 0 Å². The predicted molar refractivity (Wildman–Crippen MR) is 115 cm³/mol. The van der Waals surface area contributed by atoms with E-state index in [2.05, 4.69) is 21.9 Å². The zero-order chi connectivity index (χ0) is 22.5. The molecule has 1 amide bonds. The third kappa shape index (κ3) is 3.82. The second-order valence-electron chi connectivity index (χ2n) is 9.14. The monoisotopic (exact) mass is 444 g/mol. The Morgan fingerprint density at radius 2 is 1.78 bits per heavy atom. The normalized spacial score (nSPS) is 23.2. The third-order valence-electron chi connectivity index (χ3n) is 7.23. The van der Waals surface area contributed by atoms with Crippen LogP contribution in [0.5, 0.6) is 0 Å². The number of rotatable bonds is 5. The molecule has 0 saturated carbocycles. The SMILES string of the molecule is COCCN1CC(C(=O)N2CCC3C[C@H]2c2cc(-c4ccc(C(F)(F)F)cc4)ccc23)C1. The van der Waals surface area contributed by atoms with Gasteiger partial charge in [-0.2, -0.15) is 13.2 Å². The molecule has 2 aliphatic heterocycles. The van der Waals surface area contributed by atoms with Crippen LogP contribution in [0.1, 0.15) is 41.5 Å². The second-order valence-corrected chi connectivity index (χ2v) is 9.14. The summed E-state index contributed by atoms with van der Waals surface area (Å²) in [6.07, 6.45) is -2.43. The van der Waals surface area contributed by atoms with Crippen LogP contribution in [0.4, 0.5) is 13.2 Å². The van der Waals surface area contributed by atoms with Crippen molar-refractivity contribution < 1.29 is 22.7 Å². The standard InChI is InChI=1S/C25H27F3N2O2/c1-32-11-10-29-14-19(15-29)24(31)30-9-8-18-13-23(30)22-12-17(4-7-21(18)22)16-2-5-20(6-3-16)25(26,27)28/h2-7,12,18-19,23H,8-11,13-15H2,1H3/t18?,23-/m0/s1. The van der Waals surface area contributed by atoms with E-state index in [0.717, 1.165) is 67.8 Å². The predicted octanol–water partition coefficient (Wildman–Crippen LogP) is 4.71. The average molecular weight is 444 g/mol. The van der Waals surface area contributed by atoms with E-state index < -0.39 is 11.7 Å². The third-order valence-corrected chi connectivity index (χ3v) is 7.23. The smallest absolute Gasteiger partial charge is 0.383 e. The van der Waals surface area contributed by atoms with E-state index in [1.54, 1.807) is 7.11 Å². The highest BCUT2D eigenvalue weighted by Gasteiger charge is 2.44. The van der Waals surface area contributed by atoms with Gasteiger partial charge in [-0.25, -0.2) is 0 Å². The highest BCUT2D eigenvalue weighted by molar-refractivity contribution is 5.81. The van der Waals surface area contributed by atoms with Crippen LogP contribution in [-0.2, 0) is 15.7 Å². The zero-order valence-corrected chi connectivity index (χ0v) is 18.1. The molecule has 0 N–H and O–H groups in total. The fourth-order valence-corrected chi connectivity index (χ4v) is 5.44. The van der Waals surface area contributed by atoms with Crippen molar-refractivity contribution in [2.24, 2.45) is 5.92 Å². The van der Waals surface area contributed by atoms with Crippen LogP contribution < -0.4 is 0 Å². The first kappa shape index (κ1) is 21.5. The van der Waals surface area contributed by atoms with Gasteiger partial charge in [0.1, 0.15) is 0 Å². The van der Waals surface area contributed by atoms with E-state index in [1.807, 2.05) is 6.07 Å². The van der Waals surface area contributed by atoms with Crippen LogP contribution in [0.15, 0.2) is 42.5 Å².